The number of hydrogen-bond acceptors (Lipinski definition) is 4. The normalized spacial score (nSPS) is 31.6. The third-order valence-corrected chi connectivity index (χ3v) is 4.93. The molecule has 2 heterocycles. The van der Waals surface area contributed by atoms with E-state index in [9.17, 15) is 13.2 Å². The van der Waals surface area contributed by atoms with Gasteiger partial charge in [0.25, 0.3) is 0 Å². The topological polar surface area (TPSA) is 63.7 Å². The van der Waals surface area contributed by atoms with Crippen molar-refractivity contribution in [2.24, 2.45) is 5.92 Å². The van der Waals surface area contributed by atoms with Crippen LogP contribution in [0.15, 0.2) is 0 Å². The molecule has 2 saturated heterocycles. The molecule has 17 heavy (non-hydrogen) atoms. The first-order valence-corrected chi connectivity index (χ1v) is 7.82. The highest BCUT2D eigenvalue weighted by Gasteiger charge is 2.45. The number of carbonyl (C=O) groups excluding carboxylic acids is 1. The summed E-state index contributed by atoms with van der Waals surface area (Å²) in [6, 6.07) is -0.264. The summed E-state index contributed by atoms with van der Waals surface area (Å²) in [5.41, 5.74) is 0. The second-order valence-electron chi connectivity index (χ2n) is 5.24. The van der Waals surface area contributed by atoms with Crippen LogP contribution in [-0.2, 0) is 19.4 Å². The number of carbonyl (C=O) groups is 1. The van der Waals surface area contributed by atoms with E-state index in [1.807, 2.05) is 13.8 Å². The smallest absolute Gasteiger partial charge is 0.223 e. The molecule has 2 atom stereocenters. The van der Waals surface area contributed by atoms with Gasteiger partial charge in [0, 0.05) is 13.0 Å². The molecule has 0 aliphatic carbocycles. The third-order valence-electron chi connectivity index (χ3n) is 3.24. The van der Waals surface area contributed by atoms with Gasteiger partial charge in [-0.1, -0.05) is 13.8 Å². The molecular formula is C11H19NO4S. The molecular weight excluding hydrogens is 242 g/mol. The van der Waals surface area contributed by atoms with E-state index in [1.165, 1.54) is 0 Å². The Balaban J connectivity index is 2.10. The molecule has 0 saturated carbocycles. The fourth-order valence-corrected chi connectivity index (χ4v) is 4.36. The van der Waals surface area contributed by atoms with Gasteiger partial charge in [0.15, 0.2) is 9.84 Å². The Bertz CT molecular complexity index is 404. The molecule has 0 aromatic rings. The van der Waals surface area contributed by atoms with E-state index in [1.54, 1.807) is 4.90 Å². The molecule has 1 amide bonds. The molecule has 0 spiro atoms. The van der Waals surface area contributed by atoms with Crippen molar-refractivity contribution in [1.29, 1.82) is 0 Å². The second kappa shape index (κ2) is 4.57. The molecule has 5 nitrogen and oxygen atoms in total. The zero-order chi connectivity index (χ0) is 12.6. The summed E-state index contributed by atoms with van der Waals surface area (Å²) < 4.78 is 28.6. The molecule has 0 aromatic carbocycles. The van der Waals surface area contributed by atoms with Crippen LogP contribution in [0.25, 0.3) is 0 Å². The van der Waals surface area contributed by atoms with Crippen molar-refractivity contribution in [2.45, 2.75) is 32.4 Å². The number of sulfone groups is 1. The van der Waals surface area contributed by atoms with Gasteiger partial charge in [-0.15, -0.1) is 0 Å². The van der Waals surface area contributed by atoms with E-state index >= 15 is 0 Å². The summed E-state index contributed by atoms with van der Waals surface area (Å²) in [7, 11) is -3.04. The third kappa shape index (κ3) is 2.80. The maximum atomic E-state index is 12.0. The molecule has 0 aromatic heterocycles. The molecule has 2 aliphatic heterocycles. The average molecular weight is 261 g/mol. The van der Waals surface area contributed by atoms with Crippen LogP contribution in [0.4, 0.5) is 0 Å². The summed E-state index contributed by atoms with van der Waals surface area (Å²) >= 11 is 0. The minimum atomic E-state index is -3.04. The molecule has 2 fully saturated rings. The van der Waals surface area contributed by atoms with Crippen molar-refractivity contribution < 1.29 is 17.9 Å². The lowest BCUT2D eigenvalue weighted by Gasteiger charge is -2.37. The molecule has 2 aliphatic rings. The molecule has 6 heteroatoms. The van der Waals surface area contributed by atoms with Crippen LogP contribution in [-0.4, -0.2) is 56.0 Å². The van der Waals surface area contributed by atoms with Gasteiger partial charge in [-0.2, -0.15) is 0 Å². The van der Waals surface area contributed by atoms with Crippen molar-refractivity contribution >= 4 is 15.7 Å². The monoisotopic (exact) mass is 261 g/mol. The molecule has 0 N–H and O–H groups in total. The van der Waals surface area contributed by atoms with Gasteiger partial charge < -0.3 is 9.64 Å². The zero-order valence-electron chi connectivity index (χ0n) is 10.3. The van der Waals surface area contributed by atoms with E-state index in [2.05, 4.69) is 0 Å². The Labute approximate surface area is 102 Å². The Morgan fingerprint density at radius 2 is 2.12 bits per heavy atom. The van der Waals surface area contributed by atoms with Gasteiger partial charge in [-0.25, -0.2) is 8.42 Å². The molecule has 2 unspecified atom stereocenters. The van der Waals surface area contributed by atoms with E-state index in [0.29, 0.717) is 25.5 Å². The quantitative estimate of drug-likeness (QED) is 0.705. The summed E-state index contributed by atoms with van der Waals surface area (Å²) in [4.78, 5) is 13.7. The molecule has 2 rings (SSSR count). The van der Waals surface area contributed by atoms with Crippen LogP contribution in [0.3, 0.4) is 0 Å². The lowest BCUT2D eigenvalue weighted by atomic mass is 10.1. The lowest BCUT2D eigenvalue weighted by Crippen LogP contribution is -2.53. The van der Waals surface area contributed by atoms with Crippen molar-refractivity contribution in [3.63, 3.8) is 0 Å². The van der Waals surface area contributed by atoms with Crippen LogP contribution in [0.2, 0.25) is 0 Å². The zero-order valence-corrected chi connectivity index (χ0v) is 11.1. The first-order valence-electron chi connectivity index (χ1n) is 6.00. The standard InChI is InChI=1S/C11H19NO4S/c1-8(2)5-11(13)12-3-4-16-10-7-17(14,15)6-9(10)12/h8-10H,3-7H2,1-2H3. The van der Waals surface area contributed by atoms with Crippen molar-refractivity contribution in [2.75, 3.05) is 24.7 Å². The number of nitrogens with zero attached hydrogens (tertiary/aromatic N) is 1. The Kier molecular flexibility index (Phi) is 3.45. The number of amides is 1. The number of ether oxygens (including phenoxy) is 1. The van der Waals surface area contributed by atoms with Gasteiger partial charge in [0.1, 0.15) is 0 Å². The number of rotatable bonds is 2. The van der Waals surface area contributed by atoms with Gasteiger partial charge in [-0.3, -0.25) is 4.79 Å². The largest absolute Gasteiger partial charge is 0.373 e. The van der Waals surface area contributed by atoms with E-state index < -0.39 is 9.84 Å². The minimum absolute atomic E-state index is 0.0513. The van der Waals surface area contributed by atoms with Gasteiger partial charge >= 0.3 is 0 Å². The predicted molar refractivity (Wildman–Crippen MR) is 63.3 cm³/mol. The van der Waals surface area contributed by atoms with E-state index in [0.717, 1.165) is 0 Å². The predicted octanol–water partition coefficient (Wildman–Crippen LogP) is 0.0569. The van der Waals surface area contributed by atoms with Crippen molar-refractivity contribution in [3.8, 4) is 0 Å². The molecule has 0 bridgehead atoms. The molecule has 0 radical (unpaired) electrons. The van der Waals surface area contributed by atoms with Gasteiger partial charge in [-0.05, 0) is 5.92 Å². The second-order valence-corrected chi connectivity index (χ2v) is 7.39. The maximum absolute atomic E-state index is 12.0. The number of fused-ring (bicyclic) bond motifs is 1. The first kappa shape index (κ1) is 12.8. The summed E-state index contributed by atoms with van der Waals surface area (Å²) in [6.45, 7) is 4.94. The summed E-state index contributed by atoms with van der Waals surface area (Å²) in [5, 5.41) is 0. The SMILES string of the molecule is CC(C)CC(=O)N1CCOC2CS(=O)(=O)CC21. The number of hydrogen-bond donors (Lipinski definition) is 0. The Hall–Kier alpha value is -0.620. The molecule has 98 valence electrons. The maximum Gasteiger partial charge on any atom is 0.223 e. The fraction of sp³-hybridized carbons (Fsp3) is 0.909. The van der Waals surface area contributed by atoms with Crippen LogP contribution >= 0.6 is 0 Å². The summed E-state index contributed by atoms with van der Waals surface area (Å²) in [6.07, 6.45) is 0.161. The van der Waals surface area contributed by atoms with E-state index in [4.69, 9.17) is 4.74 Å². The summed E-state index contributed by atoms with van der Waals surface area (Å²) in [5.74, 6) is 0.460. The van der Waals surface area contributed by atoms with Crippen molar-refractivity contribution in [1.82, 2.24) is 4.90 Å². The Morgan fingerprint density at radius 1 is 1.41 bits per heavy atom. The lowest BCUT2D eigenvalue weighted by molar-refractivity contribution is -0.143. The van der Waals surface area contributed by atoms with Crippen LogP contribution in [0, 0.1) is 5.92 Å². The van der Waals surface area contributed by atoms with Gasteiger partial charge in [0.2, 0.25) is 5.91 Å². The average Bonchev–Trinajstić information content (AvgIpc) is 2.49. The first-order chi connectivity index (χ1) is 7.89. The van der Waals surface area contributed by atoms with Crippen LogP contribution < -0.4 is 0 Å². The highest BCUT2D eigenvalue weighted by Crippen LogP contribution is 2.25. The fourth-order valence-electron chi connectivity index (χ4n) is 2.49. The van der Waals surface area contributed by atoms with Crippen LogP contribution in [0.1, 0.15) is 20.3 Å². The number of morpholine rings is 1. The van der Waals surface area contributed by atoms with Gasteiger partial charge in [0.05, 0.1) is 30.3 Å². The highest BCUT2D eigenvalue weighted by atomic mass is 32.2. The Morgan fingerprint density at radius 3 is 2.76 bits per heavy atom. The van der Waals surface area contributed by atoms with Crippen LogP contribution in [0.5, 0.6) is 0 Å². The van der Waals surface area contributed by atoms with Crippen molar-refractivity contribution in [3.05, 3.63) is 0 Å². The minimum Gasteiger partial charge on any atom is -0.373 e. The highest BCUT2D eigenvalue weighted by molar-refractivity contribution is 7.91. The van der Waals surface area contributed by atoms with E-state index in [-0.39, 0.29) is 29.6 Å².